The lowest BCUT2D eigenvalue weighted by molar-refractivity contribution is 0.0937. The largest absolute Gasteiger partial charge is 0.381 e. The number of aromatic nitrogens is 1. The molecule has 0 saturated heterocycles. The van der Waals surface area contributed by atoms with Gasteiger partial charge in [0.1, 0.15) is 0 Å². The van der Waals surface area contributed by atoms with Crippen molar-refractivity contribution in [2.45, 2.75) is 19.3 Å². The van der Waals surface area contributed by atoms with Crippen LogP contribution in [0.1, 0.15) is 29.6 Å². The average Bonchev–Trinajstić information content (AvgIpc) is 3.18. The van der Waals surface area contributed by atoms with Gasteiger partial charge < -0.3 is 10.1 Å². The zero-order valence-corrected chi connectivity index (χ0v) is 9.89. The molecule has 0 aliphatic heterocycles. The zero-order chi connectivity index (χ0) is 11.9. The standard InChI is InChI=1S/C13H18N2O2/c16-13(12-4-7-14-8-5-12)15-6-1-9-17-10-11-2-3-11/h4-5,7-8,11H,1-3,6,9-10H2,(H,15,16). The predicted molar refractivity (Wildman–Crippen MR) is 64.7 cm³/mol. The first-order valence-corrected chi connectivity index (χ1v) is 6.12. The molecular weight excluding hydrogens is 216 g/mol. The van der Waals surface area contributed by atoms with Gasteiger partial charge in [-0.15, -0.1) is 0 Å². The molecule has 4 heteroatoms. The minimum Gasteiger partial charge on any atom is -0.381 e. The highest BCUT2D eigenvalue weighted by Gasteiger charge is 2.20. The van der Waals surface area contributed by atoms with Crippen LogP contribution in [0.5, 0.6) is 0 Å². The Morgan fingerprint density at radius 2 is 2.18 bits per heavy atom. The van der Waals surface area contributed by atoms with Gasteiger partial charge in [-0.05, 0) is 37.3 Å². The second kappa shape index (κ2) is 6.35. The summed E-state index contributed by atoms with van der Waals surface area (Å²) < 4.78 is 5.48. The molecule has 92 valence electrons. The quantitative estimate of drug-likeness (QED) is 0.729. The van der Waals surface area contributed by atoms with Crippen molar-refractivity contribution in [1.82, 2.24) is 10.3 Å². The molecule has 0 bridgehead atoms. The van der Waals surface area contributed by atoms with Crippen LogP contribution >= 0.6 is 0 Å². The highest BCUT2D eigenvalue weighted by molar-refractivity contribution is 5.93. The number of amides is 1. The summed E-state index contributed by atoms with van der Waals surface area (Å²) in [5.41, 5.74) is 0.652. The lowest BCUT2D eigenvalue weighted by atomic mass is 10.2. The number of carbonyl (C=O) groups is 1. The molecule has 0 aromatic carbocycles. The van der Waals surface area contributed by atoms with E-state index >= 15 is 0 Å². The van der Waals surface area contributed by atoms with Gasteiger partial charge in [-0.2, -0.15) is 0 Å². The summed E-state index contributed by atoms with van der Waals surface area (Å²) in [6.45, 7) is 2.28. The maximum atomic E-state index is 11.6. The molecule has 1 saturated carbocycles. The molecule has 0 atom stereocenters. The molecule has 1 amide bonds. The van der Waals surface area contributed by atoms with Crippen LogP contribution in [0.4, 0.5) is 0 Å². The van der Waals surface area contributed by atoms with Crippen molar-refractivity contribution in [3.05, 3.63) is 30.1 Å². The van der Waals surface area contributed by atoms with Crippen LogP contribution in [0.2, 0.25) is 0 Å². The normalized spacial score (nSPS) is 14.6. The zero-order valence-electron chi connectivity index (χ0n) is 9.89. The van der Waals surface area contributed by atoms with Gasteiger partial charge in [-0.1, -0.05) is 0 Å². The topological polar surface area (TPSA) is 51.2 Å². The Bertz CT molecular complexity index is 350. The highest BCUT2D eigenvalue weighted by atomic mass is 16.5. The molecule has 1 aromatic rings. The van der Waals surface area contributed by atoms with Crippen molar-refractivity contribution >= 4 is 5.91 Å². The first-order valence-electron chi connectivity index (χ1n) is 6.12. The fourth-order valence-electron chi connectivity index (χ4n) is 1.52. The number of nitrogens with zero attached hydrogens (tertiary/aromatic N) is 1. The number of nitrogens with one attached hydrogen (secondary N) is 1. The minimum absolute atomic E-state index is 0.0467. The third-order valence-corrected chi connectivity index (χ3v) is 2.74. The minimum atomic E-state index is -0.0467. The van der Waals surface area contributed by atoms with Crippen molar-refractivity contribution in [3.63, 3.8) is 0 Å². The van der Waals surface area contributed by atoms with Gasteiger partial charge in [0.2, 0.25) is 0 Å². The van der Waals surface area contributed by atoms with Gasteiger partial charge in [0.05, 0.1) is 0 Å². The van der Waals surface area contributed by atoms with E-state index in [1.54, 1.807) is 24.5 Å². The number of hydrogen-bond donors (Lipinski definition) is 1. The average molecular weight is 234 g/mol. The fraction of sp³-hybridized carbons (Fsp3) is 0.538. The summed E-state index contributed by atoms with van der Waals surface area (Å²) in [7, 11) is 0. The van der Waals surface area contributed by atoms with Crippen LogP contribution in [-0.4, -0.2) is 30.6 Å². The Hall–Kier alpha value is -1.42. The molecule has 1 aliphatic rings. The SMILES string of the molecule is O=C(NCCCOCC1CC1)c1ccncc1. The summed E-state index contributed by atoms with van der Waals surface area (Å²) in [4.78, 5) is 15.5. The lowest BCUT2D eigenvalue weighted by Crippen LogP contribution is -2.25. The van der Waals surface area contributed by atoms with E-state index in [1.807, 2.05) is 0 Å². The molecule has 17 heavy (non-hydrogen) atoms. The van der Waals surface area contributed by atoms with Gasteiger partial charge in [0, 0.05) is 37.7 Å². The summed E-state index contributed by atoms with van der Waals surface area (Å²) in [6, 6.07) is 3.41. The second-order valence-electron chi connectivity index (χ2n) is 4.36. The molecule has 0 spiro atoms. The highest BCUT2D eigenvalue weighted by Crippen LogP contribution is 2.28. The van der Waals surface area contributed by atoms with Gasteiger partial charge in [-0.3, -0.25) is 9.78 Å². The predicted octanol–water partition coefficient (Wildman–Crippen LogP) is 1.63. The van der Waals surface area contributed by atoms with Gasteiger partial charge >= 0.3 is 0 Å². The molecule has 0 unspecified atom stereocenters. The smallest absolute Gasteiger partial charge is 0.251 e. The first-order chi connectivity index (χ1) is 8.36. The number of rotatable bonds is 7. The molecule has 1 aliphatic carbocycles. The first kappa shape index (κ1) is 12.0. The van der Waals surface area contributed by atoms with Crippen LogP contribution in [0.3, 0.4) is 0 Å². The van der Waals surface area contributed by atoms with E-state index in [0.717, 1.165) is 25.6 Å². The Labute approximate surface area is 101 Å². The number of carbonyl (C=O) groups excluding carboxylic acids is 1. The third-order valence-electron chi connectivity index (χ3n) is 2.74. The third kappa shape index (κ3) is 4.53. The Kier molecular flexibility index (Phi) is 4.50. The number of pyridine rings is 1. The van der Waals surface area contributed by atoms with E-state index in [2.05, 4.69) is 10.3 Å². The molecule has 0 radical (unpaired) electrons. The van der Waals surface area contributed by atoms with Crippen molar-refractivity contribution in [3.8, 4) is 0 Å². The number of ether oxygens (including phenoxy) is 1. The van der Waals surface area contributed by atoms with Crippen molar-refractivity contribution in [2.24, 2.45) is 5.92 Å². The van der Waals surface area contributed by atoms with Gasteiger partial charge in [0.25, 0.3) is 5.91 Å². The monoisotopic (exact) mass is 234 g/mol. The van der Waals surface area contributed by atoms with Crippen molar-refractivity contribution < 1.29 is 9.53 Å². The summed E-state index contributed by atoms with van der Waals surface area (Å²) in [6.07, 6.45) is 6.74. The summed E-state index contributed by atoms with van der Waals surface area (Å²) in [5.74, 6) is 0.760. The second-order valence-corrected chi connectivity index (χ2v) is 4.36. The Balaban J connectivity index is 1.53. The van der Waals surface area contributed by atoms with E-state index in [9.17, 15) is 4.79 Å². The van der Waals surface area contributed by atoms with Crippen LogP contribution in [0, 0.1) is 5.92 Å². The summed E-state index contributed by atoms with van der Waals surface area (Å²) in [5, 5.41) is 2.86. The summed E-state index contributed by atoms with van der Waals surface area (Å²) >= 11 is 0. The molecular formula is C13H18N2O2. The molecule has 1 aromatic heterocycles. The van der Waals surface area contributed by atoms with E-state index in [0.29, 0.717) is 12.1 Å². The number of hydrogen-bond acceptors (Lipinski definition) is 3. The Morgan fingerprint density at radius 3 is 2.88 bits per heavy atom. The van der Waals surface area contributed by atoms with Crippen LogP contribution < -0.4 is 5.32 Å². The van der Waals surface area contributed by atoms with E-state index in [4.69, 9.17) is 4.74 Å². The lowest BCUT2D eigenvalue weighted by Gasteiger charge is -2.05. The molecule has 1 N–H and O–H groups in total. The molecule has 2 rings (SSSR count). The molecule has 1 fully saturated rings. The van der Waals surface area contributed by atoms with Crippen molar-refractivity contribution in [1.29, 1.82) is 0 Å². The van der Waals surface area contributed by atoms with Crippen LogP contribution in [-0.2, 0) is 4.74 Å². The molecule has 1 heterocycles. The van der Waals surface area contributed by atoms with E-state index < -0.39 is 0 Å². The molecule has 4 nitrogen and oxygen atoms in total. The maximum absolute atomic E-state index is 11.6. The fourth-order valence-corrected chi connectivity index (χ4v) is 1.52. The maximum Gasteiger partial charge on any atom is 0.251 e. The van der Waals surface area contributed by atoms with Crippen molar-refractivity contribution in [2.75, 3.05) is 19.8 Å². The van der Waals surface area contributed by atoms with Crippen LogP contribution in [0.15, 0.2) is 24.5 Å². The van der Waals surface area contributed by atoms with E-state index in [-0.39, 0.29) is 5.91 Å². The van der Waals surface area contributed by atoms with Crippen LogP contribution in [0.25, 0.3) is 0 Å². The van der Waals surface area contributed by atoms with Gasteiger partial charge in [0.15, 0.2) is 0 Å². The Morgan fingerprint density at radius 1 is 1.41 bits per heavy atom. The van der Waals surface area contributed by atoms with Gasteiger partial charge in [-0.25, -0.2) is 0 Å². The van der Waals surface area contributed by atoms with E-state index in [1.165, 1.54) is 12.8 Å².